The quantitative estimate of drug-likeness (QED) is 0.464. The van der Waals surface area contributed by atoms with Crippen LogP contribution in [-0.2, 0) is 12.4 Å². The summed E-state index contributed by atoms with van der Waals surface area (Å²) in [5.41, 5.74) is 3.33. The van der Waals surface area contributed by atoms with Crippen LogP contribution < -0.4 is 5.73 Å². The number of halogens is 6. The van der Waals surface area contributed by atoms with Gasteiger partial charge in [-0.05, 0) is 18.2 Å². The van der Waals surface area contributed by atoms with E-state index in [2.05, 4.69) is 24.9 Å². The average Bonchev–Trinajstić information content (AvgIpc) is 3.23. The Morgan fingerprint density at radius 3 is 2.16 bits per heavy atom. The van der Waals surface area contributed by atoms with Gasteiger partial charge in [-0.15, -0.1) is 0 Å². The second-order valence-electron chi connectivity index (χ2n) is 6.51. The normalized spacial score (nSPS) is 12.2. The predicted molar refractivity (Wildman–Crippen MR) is 100 cm³/mol. The number of nitrogens with two attached hydrogens (primary N) is 1. The Labute approximate surface area is 175 Å². The van der Waals surface area contributed by atoms with Crippen molar-refractivity contribution in [3.63, 3.8) is 0 Å². The summed E-state index contributed by atoms with van der Waals surface area (Å²) in [7, 11) is 0. The Morgan fingerprint density at radius 1 is 0.781 bits per heavy atom. The van der Waals surface area contributed by atoms with Crippen LogP contribution in [0.4, 0.5) is 32.3 Å². The summed E-state index contributed by atoms with van der Waals surface area (Å²) in [5, 5.41) is 0. The third kappa shape index (κ3) is 4.36. The first-order valence-corrected chi connectivity index (χ1v) is 8.77. The minimum Gasteiger partial charge on any atom is -0.368 e. The highest BCUT2D eigenvalue weighted by Gasteiger charge is 2.35. The molecule has 1 aromatic carbocycles. The molecule has 2 N–H and O–H groups in total. The standard InChI is InChI=1S/C19H11F6N7/c20-18(21,22)12-3-1-2-10(4-12)13-5-15(19(23,24)25)31-17(30-13)32-8-14(29-9-32)11-6-27-16(26)28-7-11/h1-9H,(H2,26,27,28). The Hall–Kier alpha value is -4.03. The lowest BCUT2D eigenvalue weighted by molar-refractivity contribution is -0.141. The molecule has 0 unspecified atom stereocenters. The van der Waals surface area contributed by atoms with E-state index in [1.54, 1.807) is 0 Å². The van der Waals surface area contributed by atoms with Crippen LogP contribution >= 0.6 is 0 Å². The lowest BCUT2D eigenvalue weighted by Crippen LogP contribution is -2.12. The maximum absolute atomic E-state index is 13.4. The van der Waals surface area contributed by atoms with Gasteiger partial charge < -0.3 is 5.73 Å². The molecule has 13 heteroatoms. The number of imidazole rings is 1. The Balaban J connectivity index is 1.81. The molecule has 164 valence electrons. The van der Waals surface area contributed by atoms with E-state index < -0.39 is 29.6 Å². The van der Waals surface area contributed by atoms with Crippen LogP contribution in [0.2, 0.25) is 0 Å². The van der Waals surface area contributed by atoms with Crippen LogP contribution in [0.25, 0.3) is 28.5 Å². The molecule has 7 nitrogen and oxygen atoms in total. The molecule has 0 aliphatic carbocycles. The number of nitrogen functional groups attached to an aromatic ring is 1. The van der Waals surface area contributed by atoms with E-state index in [0.717, 1.165) is 29.1 Å². The van der Waals surface area contributed by atoms with Gasteiger partial charge in [0.15, 0.2) is 5.69 Å². The molecule has 0 radical (unpaired) electrons. The zero-order valence-electron chi connectivity index (χ0n) is 15.7. The Bertz CT molecular complexity index is 1260. The number of rotatable bonds is 3. The van der Waals surface area contributed by atoms with Gasteiger partial charge in [-0.25, -0.2) is 24.9 Å². The predicted octanol–water partition coefficient (Wildman–Crippen LogP) is 4.41. The molecular formula is C19H11F6N7. The third-order valence-corrected chi connectivity index (χ3v) is 4.27. The molecule has 0 saturated carbocycles. The third-order valence-electron chi connectivity index (χ3n) is 4.27. The van der Waals surface area contributed by atoms with E-state index in [1.807, 2.05) is 0 Å². The van der Waals surface area contributed by atoms with Crippen LogP contribution in [0.5, 0.6) is 0 Å². The molecule has 0 saturated heterocycles. The van der Waals surface area contributed by atoms with Crippen LogP contribution in [-0.4, -0.2) is 29.5 Å². The fourth-order valence-electron chi connectivity index (χ4n) is 2.75. The Kier molecular flexibility index (Phi) is 5.03. The zero-order chi connectivity index (χ0) is 23.1. The molecule has 4 aromatic rings. The summed E-state index contributed by atoms with van der Waals surface area (Å²) in [6.07, 6.45) is -4.29. The van der Waals surface area contributed by atoms with Crippen molar-refractivity contribution in [1.29, 1.82) is 0 Å². The molecule has 4 rings (SSSR count). The summed E-state index contributed by atoms with van der Waals surface area (Å²) >= 11 is 0. The molecule has 3 heterocycles. The largest absolute Gasteiger partial charge is 0.433 e. The summed E-state index contributed by atoms with van der Waals surface area (Å²) < 4.78 is 80.5. The van der Waals surface area contributed by atoms with Crippen molar-refractivity contribution < 1.29 is 26.3 Å². The van der Waals surface area contributed by atoms with Gasteiger partial charge in [0.2, 0.25) is 11.9 Å². The SMILES string of the molecule is Nc1ncc(-c2cn(-c3nc(-c4cccc(C(F)(F)F)c4)cc(C(F)(F)F)n3)cn2)cn1. The zero-order valence-corrected chi connectivity index (χ0v) is 15.7. The minimum absolute atomic E-state index is 0.0279. The first kappa shape index (κ1) is 21.2. The second kappa shape index (κ2) is 7.59. The van der Waals surface area contributed by atoms with Crippen molar-refractivity contribution in [1.82, 2.24) is 29.5 Å². The maximum atomic E-state index is 13.4. The van der Waals surface area contributed by atoms with Gasteiger partial charge in [0.25, 0.3) is 0 Å². The smallest absolute Gasteiger partial charge is 0.368 e. The summed E-state index contributed by atoms with van der Waals surface area (Å²) in [4.78, 5) is 19.2. The van der Waals surface area contributed by atoms with Crippen LogP contribution in [0.15, 0.2) is 55.2 Å². The fourth-order valence-corrected chi connectivity index (χ4v) is 2.75. The molecule has 0 spiro atoms. The molecular weight excluding hydrogens is 440 g/mol. The van der Waals surface area contributed by atoms with Gasteiger partial charge in [-0.1, -0.05) is 12.1 Å². The van der Waals surface area contributed by atoms with Gasteiger partial charge >= 0.3 is 12.4 Å². The monoisotopic (exact) mass is 451 g/mol. The number of nitrogens with zero attached hydrogens (tertiary/aromatic N) is 6. The van der Waals surface area contributed by atoms with E-state index in [-0.39, 0.29) is 17.2 Å². The molecule has 0 bridgehead atoms. The second-order valence-corrected chi connectivity index (χ2v) is 6.51. The van der Waals surface area contributed by atoms with Gasteiger partial charge in [0, 0.05) is 29.7 Å². The number of benzene rings is 1. The summed E-state index contributed by atoms with van der Waals surface area (Å²) in [6.45, 7) is 0. The van der Waals surface area contributed by atoms with Crippen LogP contribution in [0, 0.1) is 0 Å². The molecule has 32 heavy (non-hydrogen) atoms. The molecule has 0 amide bonds. The number of alkyl halides is 6. The molecule has 0 aliphatic rings. The van der Waals surface area contributed by atoms with E-state index in [4.69, 9.17) is 5.73 Å². The van der Waals surface area contributed by atoms with Crippen molar-refractivity contribution in [3.05, 3.63) is 66.5 Å². The number of hydrogen-bond acceptors (Lipinski definition) is 6. The van der Waals surface area contributed by atoms with E-state index in [9.17, 15) is 26.3 Å². The van der Waals surface area contributed by atoms with Crippen molar-refractivity contribution in [2.45, 2.75) is 12.4 Å². The van der Waals surface area contributed by atoms with Gasteiger partial charge in [0.1, 0.15) is 6.33 Å². The number of hydrogen-bond donors (Lipinski definition) is 1. The van der Waals surface area contributed by atoms with Crippen molar-refractivity contribution in [2.24, 2.45) is 0 Å². The molecule has 0 atom stereocenters. The Morgan fingerprint density at radius 2 is 1.50 bits per heavy atom. The van der Waals surface area contributed by atoms with E-state index >= 15 is 0 Å². The molecule has 0 fully saturated rings. The highest BCUT2D eigenvalue weighted by atomic mass is 19.4. The van der Waals surface area contributed by atoms with Crippen molar-refractivity contribution in [3.8, 4) is 28.5 Å². The van der Waals surface area contributed by atoms with Gasteiger partial charge in [0.05, 0.1) is 17.0 Å². The highest BCUT2D eigenvalue weighted by molar-refractivity contribution is 5.62. The minimum atomic E-state index is -4.86. The van der Waals surface area contributed by atoms with Gasteiger partial charge in [-0.3, -0.25) is 4.57 Å². The van der Waals surface area contributed by atoms with Gasteiger partial charge in [-0.2, -0.15) is 26.3 Å². The summed E-state index contributed by atoms with van der Waals surface area (Å²) in [6, 6.07) is 4.44. The number of aromatic nitrogens is 6. The first-order valence-electron chi connectivity index (χ1n) is 8.77. The van der Waals surface area contributed by atoms with Crippen LogP contribution in [0.1, 0.15) is 11.3 Å². The van der Waals surface area contributed by atoms with Crippen molar-refractivity contribution in [2.75, 3.05) is 5.73 Å². The maximum Gasteiger partial charge on any atom is 0.433 e. The fraction of sp³-hybridized carbons (Fsp3) is 0.105. The van der Waals surface area contributed by atoms with E-state index in [1.165, 1.54) is 24.7 Å². The molecule has 0 aliphatic heterocycles. The van der Waals surface area contributed by atoms with Crippen molar-refractivity contribution >= 4 is 5.95 Å². The average molecular weight is 451 g/mol. The highest BCUT2D eigenvalue weighted by Crippen LogP contribution is 2.34. The van der Waals surface area contributed by atoms with Crippen LogP contribution in [0.3, 0.4) is 0 Å². The summed E-state index contributed by atoms with van der Waals surface area (Å²) in [5.74, 6) is -0.400. The van der Waals surface area contributed by atoms with E-state index in [0.29, 0.717) is 17.3 Å². The number of anilines is 1. The topological polar surface area (TPSA) is 95.4 Å². The lowest BCUT2D eigenvalue weighted by Gasteiger charge is -2.12. The first-order chi connectivity index (χ1) is 15.0. The molecule has 3 aromatic heterocycles. The lowest BCUT2D eigenvalue weighted by atomic mass is 10.1.